The summed E-state index contributed by atoms with van der Waals surface area (Å²) in [5, 5.41) is 10.2. The van der Waals surface area contributed by atoms with Gasteiger partial charge in [-0.3, -0.25) is 5.84 Å². The Hall–Kier alpha value is -2.58. The smallest absolute Gasteiger partial charge is 0.298 e. The van der Waals surface area contributed by atoms with E-state index in [1.807, 2.05) is 0 Å². The molecule has 0 fully saturated rings. The zero-order valence-corrected chi connectivity index (χ0v) is 10.4. The van der Waals surface area contributed by atoms with Crippen molar-refractivity contribution in [3.63, 3.8) is 0 Å². The number of aromatic nitrogens is 3. The summed E-state index contributed by atoms with van der Waals surface area (Å²) in [6.45, 7) is 1.70. The lowest BCUT2D eigenvalue weighted by atomic mass is 10.1. The predicted octanol–water partition coefficient (Wildman–Crippen LogP) is 1.18. The minimum absolute atomic E-state index is 0.241. The quantitative estimate of drug-likeness (QED) is 0.343. The summed E-state index contributed by atoms with van der Waals surface area (Å²) < 4.78 is 38.8. The normalized spacial score (nSPS) is 12.0. The van der Waals surface area contributed by atoms with Gasteiger partial charge < -0.3 is 0 Å². The zero-order valence-electron chi connectivity index (χ0n) is 10.4. The summed E-state index contributed by atoms with van der Waals surface area (Å²) in [6, 6.07) is 4.81. The Morgan fingerprint density at radius 3 is 2.80 bits per heavy atom. The number of nitrogen functional groups attached to an aromatic ring is 1. The van der Waals surface area contributed by atoms with Gasteiger partial charge in [0, 0.05) is 12.0 Å². The predicted molar refractivity (Wildman–Crippen MR) is 66.3 cm³/mol. The number of hydrazone groups is 1. The first-order chi connectivity index (χ1) is 9.38. The average Bonchev–Trinajstić information content (AvgIpc) is 2.70. The van der Waals surface area contributed by atoms with Crippen LogP contribution in [0.25, 0.3) is 0 Å². The van der Waals surface area contributed by atoms with Crippen LogP contribution in [0.2, 0.25) is 0 Å². The van der Waals surface area contributed by atoms with E-state index in [2.05, 4.69) is 20.7 Å². The number of benzene rings is 1. The van der Waals surface area contributed by atoms with Crippen LogP contribution < -0.4 is 15.9 Å². The van der Waals surface area contributed by atoms with Crippen molar-refractivity contribution in [1.82, 2.24) is 10.2 Å². The molecule has 0 aliphatic heterocycles. The van der Waals surface area contributed by atoms with E-state index < -0.39 is 11.7 Å². The van der Waals surface area contributed by atoms with Crippen LogP contribution in [0, 0.1) is 6.92 Å². The lowest BCUT2D eigenvalue weighted by Gasteiger charge is -2.06. The molecule has 106 valence electrons. The number of halogens is 3. The van der Waals surface area contributed by atoms with Crippen LogP contribution in [0.1, 0.15) is 17.0 Å². The van der Waals surface area contributed by atoms with E-state index in [-0.39, 0.29) is 5.95 Å². The molecule has 0 atom stereocenters. The molecule has 1 aromatic carbocycles. The van der Waals surface area contributed by atoms with Gasteiger partial charge in [0.25, 0.3) is 0 Å². The summed E-state index contributed by atoms with van der Waals surface area (Å²) in [5.74, 6) is 6.44. The molecule has 4 N–H and O–H groups in total. The Labute approximate surface area is 112 Å². The molecular formula is C11H12F3N6+. The fourth-order valence-corrected chi connectivity index (χ4v) is 1.44. The van der Waals surface area contributed by atoms with Gasteiger partial charge in [-0.05, 0) is 17.7 Å². The largest absolute Gasteiger partial charge is 0.421 e. The Morgan fingerprint density at radius 1 is 1.45 bits per heavy atom. The number of aryl methyl sites for hydroxylation is 1. The highest BCUT2D eigenvalue weighted by Gasteiger charge is 2.30. The third-order valence-electron chi connectivity index (χ3n) is 2.51. The fraction of sp³-hybridized carbons (Fsp3) is 0.182. The molecule has 0 spiro atoms. The van der Waals surface area contributed by atoms with Gasteiger partial charge in [0.05, 0.1) is 11.8 Å². The Bertz CT molecular complexity index is 631. The highest BCUT2D eigenvalue weighted by Crippen LogP contribution is 2.29. The summed E-state index contributed by atoms with van der Waals surface area (Å²) in [7, 11) is 0. The van der Waals surface area contributed by atoms with E-state index in [1.54, 1.807) is 6.92 Å². The van der Waals surface area contributed by atoms with E-state index in [9.17, 15) is 13.2 Å². The number of nitrogens with two attached hydrogens (primary N) is 1. The first-order valence-corrected chi connectivity index (χ1v) is 5.56. The number of rotatable bonds is 3. The van der Waals surface area contributed by atoms with Crippen LogP contribution in [-0.2, 0) is 6.18 Å². The number of nitrogens with zero attached hydrogens (tertiary/aromatic N) is 3. The van der Waals surface area contributed by atoms with Crippen molar-refractivity contribution >= 4 is 12.2 Å². The summed E-state index contributed by atoms with van der Waals surface area (Å²) in [6.07, 6.45) is -3.13. The molecule has 0 radical (unpaired) electrons. The van der Waals surface area contributed by atoms with Gasteiger partial charge in [-0.2, -0.15) is 23.7 Å². The lowest BCUT2D eigenvalue weighted by Crippen LogP contribution is -2.47. The van der Waals surface area contributed by atoms with Gasteiger partial charge in [0.15, 0.2) is 0 Å². The number of hydrogen-bond donors (Lipinski definition) is 3. The second-order valence-corrected chi connectivity index (χ2v) is 4.00. The number of H-pyrrole nitrogens is 1. The first-order valence-electron chi connectivity index (χ1n) is 5.56. The molecule has 0 amide bonds. The molecule has 6 nitrogen and oxygen atoms in total. The van der Waals surface area contributed by atoms with Gasteiger partial charge in [0.1, 0.15) is 0 Å². The molecule has 0 saturated carbocycles. The van der Waals surface area contributed by atoms with Gasteiger partial charge in [-0.15, -0.1) is 9.78 Å². The van der Waals surface area contributed by atoms with E-state index in [0.29, 0.717) is 11.4 Å². The lowest BCUT2D eigenvalue weighted by molar-refractivity contribution is -0.631. The van der Waals surface area contributed by atoms with Crippen molar-refractivity contribution in [3.8, 4) is 0 Å². The number of aromatic amines is 1. The van der Waals surface area contributed by atoms with Crippen molar-refractivity contribution in [3.05, 3.63) is 41.2 Å². The molecular weight excluding hydrogens is 273 g/mol. The second kappa shape index (κ2) is 5.19. The minimum atomic E-state index is -4.38. The van der Waals surface area contributed by atoms with Crippen LogP contribution in [0.3, 0.4) is 0 Å². The maximum Gasteiger partial charge on any atom is 0.421 e. The average molecular weight is 285 g/mol. The molecule has 9 heteroatoms. The van der Waals surface area contributed by atoms with Crippen molar-refractivity contribution < 1.29 is 17.8 Å². The van der Waals surface area contributed by atoms with Gasteiger partial charge in [-0.25, -0.2) is 0 Å². The fourth-order valence-electron chi connectivity index (χ4n) is 1.44. The zero-order chi connectivity index (χ0) is 14.8. The first kappa shape index (κ1) is 13.8. The maximum atomic E-state index is 12.5. The summed E-state index contributed by atoms with van der Waals surface area (Å²) in [5.41, 5.74) is 2.10. The minimum Gasteiger partial charge on any atom is -0.298 e. The van der Waals surface area contributed by atoms with E-state index in [1.165, 1.54) is 23.0 Å². The van der Waals surface area contributed by atoms with Crippen molar-refractivity contribution in [1.29, 1.82) is 0 Å². The number of hydrogen-bond acceptors (Lipinski definition) is 4. The van der Waals surface area contributed by atoms with Crippen LogP contribution in [0.4, 0.5) is 19.1 Å². The third kappa shape index (κ3) is 3.05. The molecule has 0 saturated heterocycles. The van der Waals surface area contributed by atoms with Crippen LogP contribution in [-0.4, -0.2) is 16.4 Å². The van der Waals surface area contributed by atoms with Crippen LogP contribution in [0.5, 0.6) is 0 Å². The molecule has 1 heterocycles. The summed E-state index contributed by atoms with van der Waals surface area (Å²) >= 11 is 0. The number of nitrogens with one attached hydrogen (secondary N) is 2. The number of alkyl halides is 3. The highest BCUT2D eigenvalue weighted by molar-refractivity contribution is 5.80. The topological polar surface area (TPSA) is 83.0 Å². The molecule has 1 aromatic heterocycles. The monoisotopic (exact) mass is 285 g/mol. The second-order valence-electron chi connectivity index (χ2n) is 4.00. The standard InChI is InChI=1S/C11H11F3N6/c1-7-17-19-10(20(7)15)18-16-6-8-3-2-4-9(5-8)11(12,13)14/h2-6H,15H2,1H3,(H,18,19)/p+1. The Kier molecular flexibility index (Phi) is 3.59. The van der Waals surface area contributed by atoms with Crippen molar-refractivity contribution in [2.45, 2.75) is 13.1 Å². The molecule has 2 aromatic rings. The Balaban J connectivity index is 2.10. The van der Waals surface area contributed by atoms with E-state index in [4.69, 9.17) is 5.84 Å². The maximum absolute atomic E-state index is 12.5. The van der Waals surface area contributed by atoms with Crippen LogP contribution in [0.15, 0.2) is 29.4 Å². The number of anilines is 1. The highest BCUT2D eigenvalue weighted by atomic mass is 19.4. The van der Waals surface area contributed by atoms with E-state index in [0.717, 1.165) is 12.1 Å². The van der Waals surface area contributed by atoms with E-state index >= 15 is 0 Å². The van der Waals surface area contributed by atoms with Gasteiger partial charge in [0.2, 0.25) is 5.82 Å². The SMILES string of the molecule is Cc1[nH]nc(NN=Cc2cccc(C(F)(F)F)c2)[n+]1N. The molecule has 2 rings (SSSR count). The Morgan fingerprint density at radius 2 is 2.20 bits per heavy atom. The van der Waals surface area contributed by atoms with Crippen molar-refractivity contribution in [2.24, 2.45) is 5.10 Å². The molecule has 0 aliphatic carbocycles. The van der Waals surface area contributed by atoms with Gasteiger partial charge in [-0.1, -0.05) is 12.1 Å². The van der Waals surface area contributed by atoms with Gasteiger partial charge >= 0.3 is 12.1 Å². The van der Waals surface area contributed by atoms with Crippen molar-refractivity contribution in [2.75, 3.05) is 11.3 Å². The van der Waals surface area contributed by atoms with Crippen LogP contribution >= 0.6 is 0 Å². The molecule has 20 heavy (non-hydrogen) atoms. The summed E-state index contributed by atoms with van der Waals surface area (Å²) in [4.78, 5) is 0. The molecule has 0 unspecified atom stereocenters. The third-order valence-corrected chi connectivity index (χ3v) is 2.51. The molecule has 0 aliphatic rings. The molecule has 0 bridgehead atoms.